The number of hydrogen-bond acceptors (Lipinski definition) is 1. The van der Waals surface area contributed by atoms with Crippen molar-refractivity contribution in [1.82, 2.24) is 5.32 Å². The topological polar surface area (TPSA) is 12.0 Å². The molecule has 1 rings (SSSR count). The van der Waals surface area contributed by atoms with E-state index in [1.54, 1.807) is 6.07 Å². The first-order valence-electron chi connectivity index (χ1n) is 4.61. The summed E-state index contributed by atoms with van der Waals surface area (Å²) in [7, 11) is 0. The van der Waals surface area contributed by atoms with E-state index in [-0.39, 0.29) is 5.82 Å². The van der Waals surface area contributed by atoms with Crippen molar-refractivity contribution < 1.29 is 4.39 Å². The Morgan fingerprint density at radius 2 is 2.20 bits per heavy atom. The average Bonchev–Trinajstić information content (AvgIpc) is 2.16. The molecule has 0 amide bonds. The van der Waals surface area contributed by atoms with Gasteiger partial charge >= 0.3 is 0 Å². The van der Waals surface area contributed by atoms with Gasteiger partial charge in [0.25, 0.3) is 0 Å². The predicted molar refractivity (Wildman–Crippen MR) is 63.9 cm³/mol. The highest BCUT2D eigenvalue weighted by atomic mass is 79.9. The molecule has 1 N–H and O–H groups in total. The third kappa shape index (κ3) is 3.65. The third-order valence-corrected chi connectivity index (χ3v) is 2.59. The summed E-state index contributed by atoms with van der Waals surface area (Å²) in [4.78, 5) is 0. The molecule has 0 saturated carbocycles. The zero-order chi connectivity index (χ0) is 11.5. The summed E-state index contributed by atoms with van der Waals surface area (Å²) in [6.45, 7) is 4.18. The van der Waals surface area contributed by atoms with Gasteiger partial charge in [-0.05, 0) is 26.0 Å². The van der Waals surface area contributed by atoms with Crippen LogP contribution in [0.3, 0.4) is 0 Å². The zero-order valence-electron chi connectivity index (χ0n) is 8.77. The van der Waals surface area contributed by atoms with Gasteiger partial charge in [0.1, 0.15) is 5.82 Å². The first-order valence-corrected chi connectivity index (χ1v) is 5.40. The molecule has 15 heavy (non-hydrogen) atoms. The van der Waals surface area contributed by atoms with Crippen molar-refractivity contribution in [1.29, 1.82) is 0 Å². The van der Waals surface area contributed by atoms with Crippen molar-refractivity contribution in [3.8, 4) is 12.3 Å². The summed E-state index contributed by atoms with van der Waals surface area (Å²) in [5, 5.41) is 3.09. The zero-order valence-corrected chi connectivity index (χ0v) is 10.4. The fourth-order valence-electron chi connectivity index (χ4n) is 1.03. The largest absolute Gasteiger partial charge is 0.297 e. The standard InChI is InChI=1S/C12H13BrFN/c1-4-12(2,3)15-8-9-5-6-10(13)7-11(9)14/h1,5-7,15H,8H2,2-3H3. The van der Waals surface area contributed by atoms with Crippen molar-refractivity contribution in [2.75, 3.05) is 0 Å². The van der Waals surface area contributed by atoms with Crippen LogP contribution in [0, 0.1) is 18.2 Å². The van der Waals surface area contributed by atoms with Gasteiger partial charge in [-0.2, -0.15) is 0 Å². The van der Waals surface area contributed by atoms with E-state index in [1.807, 2.05) is 19.9 Å². The van der Waals surface area contributed by atoms with Crippen LogP contribution in [0.4, 0.5) is 4.39 Å². The average molecular weight is 270 g/mol. The molecule has 3 heteroatoms. The maximum Gasteiger partial charge on any atom is 0.128 e. The van der Waals surface area contributed by atoms with E-state index in [2.05, 4.69) is 27.2 Å². The predicted octanol–water partition coefficient (Wildman–Crippen LogP) is 3.09. The molecule has 0 saturated heterocycles. The van der Waals surface area contributed by atoms with E-state index in [9.17, 15) is 4.39 Å². The number of nitrogens with one attached hydrogen (secondary N) is 1. The Labute approximate surface area is 98.2 Å². The highest BCUT2D eigenvalue weighted by Gasteiger charge is 2.13. The number of benzene rings is 1. The molecule has 0 radical (unpaired) electrons. The molecule has 0 aliphatic heterocycles. The number of terminal acetylenes is 1. The normalized spacial score (nSPS) is 11.1. The Morgan fingerprint density at radius 3 is 2.73 bits per heavy atom. The summed E-state index contributed by atoms with van der Waals surface area (Å²) in [6, 6.07) is 4.99. The lowest BCUT2D eigenvalue weighted by Gasteiger charge is -2.19. The Balaban J connectivity index is 2.71. The number of hydrogen-bond donors (Lipinski definition) is 1. The first kappa shape index (κ1) is 12.2. The molecule has 0 aliphatic rings. The van der Waals surface area contributed by atoms with E-state index >= 15 is 0 Å². The molecule has 80 valence electrons. The second-order valence-electron chi connectivity index (χ2n) is 3.86. The summed E-state index contributed by atoms with van der Waals surface area (Å²) < 4.78 is 14.1. The van der Waals surface area contributed by atoms with Crippen LogP contribution in [0.25, 0.3) is 0 Å². The van der Waals surface area contributed by atoms with Crippen molar-refractivity contribution >= 4 is 15.9 Å². The van der Waals surface area contributed by atoms with E-state index in [0.717, 1.165) is 4.47 Å². The highest BCUT2D eigenvalue weighted by Crippen LogP contribution is 2.15. The van der Waals surface area contributed by atoms with Crippen molar-refractivity contribution in [2.24, 2.45) is 0 Å². The molecule has 0 bridgehead atoms. The van der Waals surface area contributed by atoms with Crippen LogP contribution in [0.2, 0.25) is 0 Å². The van der Waals surface area contributed by atoms with Gasteiger partial charge < -0.3 is 0 Å². The van der Waals surface area contributed by atoms with Gasteiger partial charge in [0, 0.05) is 16.6 Å². The Morgan fingerprint density at radius 1 is 1.53 bits per heavy atom. The van der Waals surface area contributed by atoms with Gasteiger partial charge in [-0.3, -0.25) is 5.32 Å². The second kappa shape index (κ2) is 4.78. The fourth-order valence-corrected chi connectivity index (χ4v) is 1.37. The molecular formula is C12H13BrFN. The number of rotatable bonds is 3. The molecule has 0 fully saturated rings. The SMILES string of the molecule is C#CC(C)(C)NCc1ccc(Br)cc1F. The van der Waals surface area contributed by atoms with E-state index < -0.39 is 5.54 Å². The van der Waals surface area contributed by atoms with Gasteiger partial charge in [0.05, 0.1) is 5.54 Å². The second-order valence-corrected chi connectivity index (χ2v) is 4.77. The summed E-state index contributed by atoms with van der Waals surface area (Å²) in [6.07, 6.45) is 5.32. The monoisotopic (exact) mass is 269 g/mol. The fraction of sp³-hybridized carbons (Fsp3) is 0.333. The van der Waals surface area contributed by atoms with Crippen LogP contribution < -0.4 is 5.32 Å². The molecule has 1 aromatic carbocycles. The Hall–Kier alpha value is -0.850. The molecule has 0 spiro atoms. The van der Waals surface area contributed by atoms with Gasteiger partial charge in [0.15, 0.2) is 0 Å². The molecule has 1 nitrogen and oxygen atoms in total. The minimum absolute atomic E-state index is 0.232. The Kier molecular flexibility index (Phi) is 3.90. The van der Waals surface area contributed by atoms with Crippen LogP contribution in [0.15, 0.2) is 22.7 Å². The van der Waals surface area contributed by atoms with Crippen molar-refractivity contribution in [3.05, 3.63) is 34.1 Å². The lowest BCUT2D eigenvalue weighted by molar-refractivity contribution is 0.479. The maximum absolute atomic E-state index is 13.4. The molecule has 0 unspecified atom stereocenters. The lowest BCUT2D eigenvalue weighted by Crippen LogP contribution is -2.37. The van der Waals surface area contributed by atoms with Crippen molar-refractivity contribution in [2.45, 2.75) is 25.9 Å². The van der Waals surface area contributed by atoms with E-state index in [1.165, 1.54) is 6.07 Å². The highest BCUT2D eigenvalue weighted by molar-refractivity contribution is 9.10. The quantitative estimate of drug-likeness (QED) is 0.832. The van der Waals surface area contributed by atoms with E-state index in [0.29, 0.717) is 12.1 Å². The molecule has 0 heterocycles. The van der Waals surface area contributed by atoms with Crippen LogP contribution in [-0.2, 0) is 6.54 Å². The summed E-state index contributed by atoms with van der Waals surface area (Å²) >= 11 is 3.21. The maximum atomic E-state index is 13.4. The Bertz CT molecular complexity index is 393. The molecule has 0 atom stereocenters. The molecule has 0 aliphatic carbocycles. The first-order chi connectivity index (χ1) is 6.94. The smallest absolute Gasteiger partial charge is 0.128 e. The molecular weight excluding hydrogens is 257 g/mol. The minimum Gasteiger partial charge on any atom is -0.297 e. The van der Waals surface area contributed by atoms with Crippen LogP contribution >= 0.6 is 15.9 Å². The summed E-state index contributed by atoms with van der Waals surface area (Å²) in [5.74, 6) is 2.37. The molecule has 1 aromatic rings. The summed E-state index contributed by atoms with van der Waals surface area (Å²) in [5.41, 5.74) is 0.195. The van der Waals surface area contributed by atoms with Crippen LogP contribution in [0.1, 0.15) is 19.4 Å². The number of halogens is 2. The van der Waals surface area contributed by atoms with E-state index in [4.69, 9.17) is 6.42 Å². The van der Waals surface area contributed by atoms with Crippen molar-refractivity contribution in [3.63, 3.8) is 0 Å². The van der Waals surface area contributed by atoms with Gasteiger partial charge in [-0.25, -0.2) is 4.39 Å². The van der Waals surface area contributed by atoms with Gasteiger partial charge in [0.2, 0.25) is 0 Å². The van der Waals surface area contributed by atoms with Crippen LogP contribution in [-0.4, -0.2) is 5.54 Å². The lowest BCUT2D eigenvalue weighted by atomic mass is 10.1. The molecule has 0 aromatic heterocycles. The van der Waals surface area contributed by atoms with Crippen LogP contribution in [0.5, 0.6) is 0 Å². The third-order valence-electron chi connectivity index (χ3n) is 2.10. The minimum atomic E-state index is -0.417. The van der Waals surface area contributed by atoms with Gasteiger partial charge in [-0.15, -0.1) is 6.42 Å². The van der Waals surface area contributed by atoms with Gasteiger partial charge in [-0.1, -0.05) is 27.9 Å².